The van der Waals surface area contributed by atoms with Gasteiger partial charge in [0.15, 0.2) is 11.7 Å². The second-order valence-electron chi connectivity index (χ2n) is 5.37. The fourth-order valence-electron chi connectivity index (χ4n) is 2.33. The Labute approximate surface area is 169 Å². The second-order valence-corrected chi connectivity index (χ2v) is 7.08. The molecule has 0 spiro atoms. The fourth-order valence-corrected chi connectivity index (χ4v) is 3.45. The van der Waals surface area contributed by atoms with E-state index in [-0.39, 0.29) is 12.5 Å². The normalized spacial score (nSPS) is 10.3. The molecule has 0 bridgehead atoms. The van der Waals surface area contributed by atoms with Crippen LogP contribution in [0.5, 0.6) is 17.2 Å². The van der Waals surface area contributed by atoms with Gasteiger partial charge in [0.2, 0.25) is 0 Å². The zero-order chi connectivity index (χ0) is 19.2. The van der Waals surface area contributed by atoms with Gasteiger partial charge in [-0.15, -0.1) is 11.3 Å². The van der Waals surface area contributed by atoms with E-state index in [1.54, 1.807) is 26.4 Å². The molecule has 3 aromatic rings. The van der Waals surface area contributed by atoms with Crippen LogP contribution in [0.3, 0.4) is 0 Å². The van der Waals surface area contributed by atoms with Crippen molar-refractivity contribution >= 4 is 38.3 Å². The lowest BCUT2D eigenvalue weighted by molar-refractivity contribution is -0.118. The number of ether oxygens (including phenoxy) is 3. The lowest BCUT2D eigenvalue weighted by atomic mass is 10.1. The van der Waals surface area contributed by atoms with E-state index in [1.807, 2.05) is 35.7 Å². The predicted octanol–water partition coefficient (Wildman–Crippen LogP) is 4.61. The molecule has 1 amide bonds. The Morgan fingerprint density at radius 2 is 1.96 bits per heavy atom. The molecule has 0 atom stereocenters. The summed E-state index contributed by atoms with van der Waals surface area (Å²) in [7, 11) is 3.19. The van der Waals surface area contributed by atoms with E-state index in [0.717, 1.165) is 10.0 Å². The number of aromatic nitrogens is 1. The van der Waals surface area contributed by atoms with E-state index in [9.17, 15) is 4.79 Å². The largest absolute Gasteiger partial charge is 0.497 e. The second kappa shape index (κ2) is 8.88. The Balaban J connectivity index is 1.66. The number of amides is 1. The third kappa shape index (κ3) is 4.78. The number of nitrogens with zero attached hydrogens (tertiary/aromatic N) is 1. The summed E-state index contributed by atoms with van der Waals surface area (Å²) in [4.78, 5) is 16.6. The first-order chi connectivity index (χ1) is 13.1. The van der Waals surface area contributed by atoms with E-state index in [0.29, 0.717) is 28.1 Å². The molecule has 0 aliphatic carbocycles. The van der Waals surface area contributed by atoms with Crippen molar-refractivity contribution in [3.05, 3.63) is 52.3 Å². The van der Waals surface area contributed by atoms with Gasteiger partial charge in [-0.25, -0.2) is 4.98 Å². The van der Waals surface area contributed by atoms with Crippen LogP contribution in [0.1, 0.15) is 0 Å². The third-order valence-electron chi connectivity index (χ3n) is 3.63. The van der Waals surface area contributed by atoms with Crippen LogP contribution in [0.25, 0.3) is 11.3 Å². The summed E-state index contributed by atoms with van der Waals surface area (Å²) in [5.41, 5.74) is 1.53. The van der Waals surface area contributed by atoms with Crippen LogP contribution in [0, 0.1) is 0 Å². The molecule has 3 rings (SSSR count). The van der Waals surface area contributed by atoms with Crippen LogP contribution in [-0.4, -0.2) is 31.7 Å². The average Bonchev–Trinajstić information content (AvgIpc) is 3.15. The molecule has 0 fully saturated rings. The van der Waals surface area contributed by atoms with Gasteiger partial charge in [0.25, 0.3) is 5.91 Å². The van der Waals surface area contributed by atoms with Crippen molar-refractivity contribution in [3.63, 3.8) is 0 Å². The Kier molecular flexibility index (Phi) is 6.31. The number of para-hydroxylation sites is 1. The average molecular weight is 449 g/mol. The molecule has 6 nitrogen and oxygen atoms in total. The number of nitrogens with one attached hydrogen (secondary N) is 1. The molecule has 1 aromatic heterocycles. The molecule has 0 aliphatic heterocycles. The summed E-state index contributed by atoms with van der Waals surface area (Å²) in [5, 5.41) is 5.09. The van der Waals surface area contributed by atoms with Crippen LogP contribution >= 0.6 is 27.3 Å². The molecule has 2 aromatic carbocycles. The number of rotatable bonds is 7. The highest BCUT2D eigenvalue weighted by Crippen LogP contribution is 2.34. The number of hydrogen-bond acceptors (Lipinski definition) is 6. The molecule has 0 saturated heterocycles. The first kappa shape index (κ1) is 19.2. The summed E-state index contributed by atoms with van der Waals surface area (Å²) in [5.74, 6) is 1.67. The van der Waals surface area contributed by atoms with Gasteiger partial charge < -0.3 is 14.2 Å². The zero-order valence-corrected chi connectivity index (χ0v) is 17.1. The monoisotopic (exact) mass is 448 g/mol. The minimum Gasteiger partial charge on any atom is -0.497 e. The number of hydrogen-bond donors (Lipinski definition) is 1. The maximum Gasteiger partial charge on any atom is 0.264 e. The molecule has 0 saturated carbocycles. The minimum atomic E-state index is -0.284. The third-order valence-corrected chi connectivity index (χ3v) is 5.04. The number of methoxy groups -OCH3 is 2. The van der Waals surface area contributed by atoms with Crippen molar-refractivity contribution in [2.45, 2.75) is 0 Å². The van der Waals surface area contributed by atoms with Gasteiger partial charge in [-0.3, -0.25) is 10.1 Å². The molecule has 140 valence electrons. The van der Waals surface area contributed by atoms with Crippen molar-refractivity contribution in [2.75, 3.05) is 26.1 Å². The number of carbonyl (C=O) groups excluding carboxylic acids is 1. The van der Waals surface area contributed by atoms with Gasteiger partial charge in [-0.2, -0.15) is 0 Å². The quantitative estimate of drug-likeness (QED) is 0.571. The van der Waals surface area contributed by atoms with Gasteiger partial charge in [0.05, 0.1) is 24.4 Å². The van der Waals surface area contributed by atoms with Crippen molar-refractivity contribution in [1.29, 1.82) is 0 Å². The summed E-state index contributed by atoms with van der Waals surface area (Å²) < 4.78 is 16.9. The first-order valence-corrected chi connectivity index (χ1v) is 9.63. The molecule has 1 N–H and O–H groups in total. The molecular formula is C19H17BrN2O4S. The molecule has 8 heteroatoms. The lowest BCUT2D eigenvalue weighted by Crippen LogP contribution is -2.20. The molecule has 1 heterocycles. The fraction of sp³-hybridized carbons (Fsp3) is 0.158. The van der Waals surface area contributed by atoms with Gasteiger partial charge in [0, 0.05) is 17.0 Å². The summed E-state index contributed by atoms with van der Waals surface area (Å²) in [6.07, 6.45) is 0. The first-order valence-electron chi connectivity index (χ1n) is 7.96. The van der Waals surface area contributed by atoms with E-state index < -0.39 is 0 Å². The Bertz CT molecular complexity index is 945. The van der Waals surface area contributed by atoms with Gasteiger partial charge in [-0.05, 0) is 40.2 Å². The standard InChI is InChI=1S/C19H17BrN2O4S/c1-24-12-7-8-13(17(9-12)25-2)15-11-27-19(21-15)22-18(23)10-26-16-6-4-3-5-14(16)20/h3-9,11H,10H2,1-2H3,(H,21,22,23). The smallest absolute Gasteiger partial charge is 0.264 e. The number of thiazole rings is 1. The van der Waals surface area contributed by atoms with Crippen molar-refractivity contribution in [1.82, 2.24) is 4.98 Å². The van der Waals surface area contributed by atoms with Gasteiger partial charge in [-0.1, -0.05) is 12.1 Å². The minimum absolute atomic E-state index is 0.108. The summed E-state index contributed by atoms with van der Waals surface area (Å²) >= 11 is 4.71. The number of anilines is 1. The summed E-state index contributed by atoms with van der Waals surface area (Å²) in [6.45, 7) is -0.108. The molecule has 0 unspecified atom stereocenters. The predicted molar refractivity (Wildman–Crippen MR) is 109 cm³/mol. The maximum atomic E-state index is 12.1. The van der Waals surface area contributed by atoms with E-state index >= 15 is 0 Å². The zero-order valence-electron chi connectivity index (χ0n) is 14.7. The van der Waals surface area contributed by atoms with Crippen molar-refractivity contribution < 1.29 is 19.0 Å². The highest BCUT2D eigenvalue weighted by atomic mass is 79.9. The van der Waals surface area contributed by atoms with Crippen LogP contribution in [0.4, 0.5) is 5.13 Å². The Morgan fingerprint density at radius 1 is 1.15 bits per heavy atom. The van der Waals surface area contributed by atoms with Crippen LogP contribution in [0.2, 0.25) is 0 Å². The summed E-state index contributed by atoms with van der Waals surface area (Å²) in [6, 6.07) is 12.8. The SMILES string of the molecule is COc1ccc(-c2csc(NC(=O)COc3ccccc3Br)n2)c(OC)c1. The Hall–Kier alpha value is -2.58. The van der Waals surface area contributed by atoms with Crippen LogP contribution in [-0.2, 0) is 4.79 Å². The van der Waals surface area contributed by atoms with Crippen LogP contribution < -0.4 is 19.5 Å². The van der Waals surface area contributed by atoms with Gasteiger partial charge in [0.1, 0.15) is 17.2 Å². The van der Waals surface area contributed by atoms with Crippen LogP contribution in [0.15, 0.2) is 52.3 Å². The van der Waals surface area contributed by atoms with E-state index in [2.05, 4.69) is 26.2 Å². The number of carbonyl (C=O) groups is 1. The topological polar surface area (TPSA) is 69.7 Å². The molecule has 0 radical (unpaired) electrons. The van der Waals surface area contributed by atoms with Gasteiger partial charge >= 0.3 is 0 Å². The molecule has 27 heavy (non-hydrogen) atoms. The van der Waals surface area contributed by atoms with Crippen molar-refractivity contribution in [2.24, 2.45) is 0 Å². The highest BCUT2D eigenvalue weighted by Gasteiger charge is 2.13. The van der Waals surface area contributed by atoms with Crippen molar-refractivity contribution in [3.8, 4) is 28.5 Å². The molecule has 0 aliphatic rings. The maximum absolute atomic E-state index is 12.1. The highest BCUT2D eigenvalue weighted by molar-refractivity contribution is 9.10. The van der Waals surface area contributed by atoms with E-state index in [1.165, 1.54) is 11.3 Å². The number of halogens is 1. The molecular weight excluding hydrogens is 432 g/mol. The Morgan fingerprint density at radius 3 is 2.70 bits per heavy atom. The van der Waals surface area contributed by atoms with E-state index in [4.69, 9.17) is 14.2 Å². The lowest BCUT2D eigenvalue weighted by Gasteiger charge is -2.08. The number of benzene rings is 2.